The number of nitrogens with zero attached hydrogens (tertiary/aromatic N) is 5. The maximum absolute atomic E-state index is 12.5. The van der Waals surface area contributed by atoms with E-state index >= 15 is 0 Å². The standard InChI is InChI=1S/C17H19ClN6OS/c1-11(16(25)20-13-8-7-12(10-19)15(18)9-13)26-17-21-22-23-24(17)14-5-3-2-4-6-14/h7-9,11,14H,2-6H2,1H3,(H,20,25). The number of carbonyl (C=O) groups excluding carboxylic acids is 1. The second kappa shape index (κ2) is 8.52. The number of amides is 1. The Morgan fingerprint density at radius 1 is 1.42 bits per heavy atom. The van der Waals surface area contributed by atoms with Crippen molar-refractivity contribution in [3.05, 3.63) is 28.8 Å². The molecule has 0 radical (unpaired) electrons. The van der Waals surface area contributed by atoms with Crippen LogP contribution in [0.4, 0.5) is 5.69 Å². The predicted octanol–water partition coefficient (Wildman–Crippen LogP) is 3.82. The van der Waals surface area contributed by atoms with Gasteiger partial charge in [-0.15, -0.1) is 5.10 Å². The monoisotopic (exact) mass is 390 g/mol. The molecule has 1 aliphatic carbocycles. The van der Waals surface area contributed by atoms with Crippen molar-refractivity contribution in [1.29, 1.82) is 5.26 Å². The van der Waals surface area contributed by atoms with Crippen molar-refractivity contribution < 1.29 is 4.79 Å². The molecule has 1 atom stereocenters. The van der Waals surface area contributed by atoms with E-state index in [0.29, 0.717) is 27.5 Å². The van der Waals surface area contributed by atoms with E-state index in [2.05, 4.69) is 20.8 Å². The molecule has 1 saturated carbocycles. The summed E-state index contributed by atoms with van der Waals surface area (Å²) in [7, 11) is 0. The maximum atomic E-state index is 12.5. The van der Waals surface area contributed by atoms with Crippen LogP contribution in [-0.2, 0) is 4.79 Å². The van der Waals surface area contributed by atoms with E-state index < -0.39 is 0 Å². The van der Waals surface area contributed by atoms with Gasteiger partial charge in [-0.3, -0.25) is 4.79 Å². The highest BCUT2D eigenvalue weighted by Gasteiger charge is 2.24. The molecule has 1 N–H and O–H groups in total. The number of carbonyl (C=O) groups is 1. The van der Waals surface area contributed by atoms with Crippen molar-refractivity contribution in [3.63, 3.8) is 0 Å². The summed E-state index contributed by atoms with van der Waals surface area (Å²) in [5.74, 6) is -0.172. The quantitative estimate of drug-likeness (QED) is 0.779. The summed E-state index contributed by atoms with van der Waals surface area (Å²) in [4.78, 5) is 12.5. The Hall–Kier alpha value is -2.11. The summed E-state index contributed by atoms with van der Waals surface area (Å²) in [6.07, 6.45) is 5.77. The van der Waals surface area contributed by atoms with Gasteiger partial charge in [-0.05, 0) is 48.4 Å². The summed E-state index contributed by atoms with van der Waals surface area (Å²) < 4.78 is 1.85. The molecule has 7 nitrogen and oxygen atoms in total. The molecule has 1 aromatic carbocycles. The number of rotatable bonds is 5. The van der Waals surface area contributed by atoms with Gasteiger partial charge < -0.3 is 5.32 Å². The van der Waals surface area contributed by atoms with E-state index in [1.807, 2.05) is 17.7 Å². The summed E-state index contributed by atoms with van der Waals surface area (Å²) in [5, 5.41) is 24.3. The van der Waals surface area contributed by atoms with Crippen LogP contribution in [0.2, 0.25) is 5.02 Å². The third-order valence-electron chi connectivity index (χ3n) is 4.39. The molecule has 0 aliphatic heterocycles. The van der Waals surface area contributed by atoms with Crippen LogP contribution in [0.15, 0.2) is 23.4 Å². The normalized spacial score (nSPS) is 16.0. The van der Waals surface area contributed by atoms with Gasteiger partial charge in [-0.25, -0.2) is 4.68 Å². The Morgan fingerprint density at radius 2 is 2.19 bits per heavy atom. The number of nitrogens with one attached hydrogen (secondary N) is 1. The number of benzene rings is 1. The lowest BCUT2D eigenvalue weighted by molar-refractivity contribution is -0.115. The highest BCUT2D eigenvalue weighted by molar-refractivity contribution is 8.00. The molecular formula is C17H19ClN6OS. The first-order valence-corrected chi connectivity index (χ1v) is 9.79. The Kier molecular flexibility index (Phi) is 6.12. The lowest BCUT2D eigenvalue weighted by Crippen LogP contribution is -2.23. The van der Waals surface area contributed by atoms with E-state index in [4.69, 9.17) is 16.9 Å². The fraction of sp³-hybridized carbons (Fsp3) is 0.471. The van der Waals surface area contributed by atoms with Gasteiger partial charge in [0.25, 0.3) is 0 Å². The number of thioether (sulfide) groups is 1. The van der Waals surface area contributed by atoms with Crippen LogP contribution >= 0.6 is 23.4 Å². The summed E-state index contributed by atoms with van der Waals surface area (Å²) >= 11 is 7.34. The molecule has 3 rings (SSSR count). The molecule has 1 fully saturated rings. The van der Waals surface area contributed by atoms with Gasteiger partial charge in [0, 0.05) is 5.69 Å². The van der Waals surface area contributed by atoms with E-state index in [-0.39, 0.29) is 11.2 Å². The average Bonchev–Trinajstić information content (AvgIpc) is 3.10. The van der Waals surface area contributed by atoms with Crippen molar-refractivity contribution in [2.75, 3.05) is 5.32 Å². The zero-order valence-corrected chi connectivity index (χ0v) is 15.9. The zero-order valence-electron chi connectivity index (χ0n) is 14.4. The minimum Gasteiger partial charge on any atom is -0.325 e. The van der Waals surface area contributed by atoms with Gasteiger partial charge in [0.15, 0.2) is 0 Å². The summed E-state index contributed by atoms with van der Waals surface area (Å²) in [6, 6.07) is 7.12. The van der Waals surface area contributed by atoms with Gasteiger partial charge in [-0.2, -0.15) is 5.26 Å². The smallest absolute Gasteiger partial charge is 0.237 e. The SMILES string of the molecule is CC(Sc1nnnn1C1CCCCC1)C(=O)Nc1ccc(C#N)c(Cl)c1. The van der Waals surface area contributed by atoms with Gasteiger partial charge >= 0.3 is 0 Å². The largest absolute Gasteiger partial charge is 0.325 e. The number of nitriles is 1. The lowest BCUT2D eigenvalue weighted by atomic mass is 9.96. The molecule has 0 bridgehead atoms. The van der Waals surface area contributed by atoms with Crippen LogP contribution < -0.4 is 5.32 Å². The van der Waals surface area contributed by atoms with Crippen LogP contribution in [0.5, 0.6) is 0 Å². The van der Waals surface area contributed by atoms with Crippen LogP contribution in [0.1, 0.15) is 50.6 Å². The molecule has 1 amide bonds. The molecule has 2 aromatic rings. The van der Waals surface area contributed by atoms with Crippen molar-refractivity contribution >= 4 is 35.0 Å². The molecule has 26 heavy (non-hydrogen) atoms. The van der Waals surface area contributed by atoms with Gasteiger partial charge in [0.1, 0.15) is 6.07 Å². The average molecular weight is 391 g/mol. The Labute approximate surface area is 161 Å². The van der Waals surface area contributed by atoms with Crippen LogP contribution in [0.25, 0.3) is 0 Å². The van der Waals surface area contributed by atoms with Gasteiger partial charge in [0.05, 0.1) is 21.9 Å². The van der Waals surface area contributed by atoms with E-state index in [1.54, 1.807) is 18.2 Å². The van der Waals surface area contributed by atoms with E-state index in [9.17, 15) is 4.79 Å². The minimum absolute atomic E-state index is 0.172. The van der Waals surface area contributed by atoms with Crippen molar-refractivity contribution in [2.24, 2.45) is 0 Å². The van der Waals surface area contributed by atoms with E-state index in [1.165, 1.54) is 31.0 Å². The zero-order chi connectivity index (χ0) is 18.5. The van der Waals surface area contributed by atoms with Crippen molar-refractivity contribution in [2.45, 2.75) is 55.5 Å². The van der Waals surface area contributed by atoms with Crippen LogP contribution in [0, 0.1) is 11.3 Å². The highest BCUT2D eigenvalue weighted by Crippen LogP contribution is 2.31. The molecule has 136 valence electrons. The first-order chi connectivity index (χ1) is 12.6. The number of aromatic nitrogens is 4. The Bertz CT molecular complexity index is 827. The van der Waals surface area contributed by atoms with Crippen LogP contribution in [0.3, 0.4) is 0 Å². The number of hydrogen-bond acceptors (Lipinski definition) is 6. The van der Waals surface area contributed by atoms with Crippen molar-refractivity contribution in [1.82, 2.24) is 20.2 Å². The fourth-order valence-electron chi connectivity index (χ4n) is 2.96. The Balaban J connectivity index is 1.64. The summed E-state index contributed by atoms with van der Waals surface area (Å²) in [6.45, 7) is 1.81. The molecule has 1 unspecified atom stereocenters. The van der Waals surface area contributed by atoms with Gasteiger partial charge in [0.2, 0.25) is 11.1 Å². The molecular weight excluding hydrogens is 372 g/mol. The van der Waals surface area contributed by atoms with Crippen LogP contribution in [-0.4, -0.2) is 31.4 Å². The minimum atomic E-state index is -0.377. The van der Waals surface area contributed by atoms with Gasteiger partial charge in [-0.1, -0.05) is 42.6 Å². The maximum Gasteiger partial charge on any atom is 0.237 e. The first kappa shape index (κ1) is 18.7. The second-order valence-corrected chi connectivity index (χ2v) is 7.97. The third-order valence-corrected chi connectivity index (χ3v) is 5.75. The first-order valence-electron chi connectivity index (χ1n) is 8.53. The third kappa shape index (κ3) is 4.34. The summed E-state index contributed by atoms with van der Waals surface area (Å²) in [5.41, 5.74) is 0.928. The Morgan fingerprint density at radius 3 is 2.88 bits per heavy atom. The second-order valence-electron chi connectivity index (χ2n) is 6.25. The fourth-order valence-corrected chi connectivity index (χ4v) is 4.04. The number of tetrazole rings is 1. The number of halogens is 1. The van der Waals surface area contributed by atoms with E-state index in [0.717, 1.165) is 12.8 Å². The molecule has 0 saturated heterocycles. The number of anilines is 1. The number of hydrogen-bond donors (Lipinski definition) is 1. The molecule has 1 aliphatic rings. The molecule has 1 aromatic heterocycles. The molecule has 0 spiro atoms. The lowest BCUT2D eigenvalue weighted by Gasteiger charge is -2.22. The predicted molar refractivity (Wildman–Crippen MR) is 100 cm³/mol. The molecule has 9 heteroatoms. The molecule has 1 heterocycles. The van der Waals surface area contributed by atoms with Crippen molar-refractivity contribution in [3.8, 4) is 6.07 Å². The highest BCUT2D eigenvalue weighted by atomic mass is 35.5. The topological polar surface area (TPSA) is 96.5 Å².